The third-order valence-corrected chi connectivity index (χ3v) is 7.22. The van der Waals surface area contributed by atoms with Crippen molar-refractivity contribution in [3.8, 4) is 0 Å². The van der Waals surface area contributed by atoms with E-state index in [9.17, 15) is 19.6 Å². The molecule has 2 aliphatic carbocycles. The molecular weight excluding hydrogens is 394 g/mol. The van der Waals surface area contributed by atoms with Gasteiger partial charge in [0.1, 0.15) is 11.6 Å². The molecule has 29 heavy (non-hydrogen) atoms. The molecule has 2 saturated carbocycles. The molecule has 2 unspecified atom stereocenters. The molecule has 3 fully saturated rings. The SMILES string of the molecule is O=CN(O)CC(CC1CCCC1)C(=O)N1CC2(CC2)CC1C(=O)Nc1nncs1. The van der Waals surface area contributed by atoms with Crippen LogP contribution in [0.1, 0.15) is 51.4 Å². The zero-order valence-electron chi connectivity index (χ0n) is 16.3. The van der Waals surface area contributed by atoms with Crippen molar-refractivity contribution in [3.05, 3.63) is 5.51 Å². The van der Waals surface area contributed by atoms with Gasteiger partial charge in [0.2, 0.25) is 23.4 Å². The van der Waals surface area contributed by atoms with Gasteiger partial charge in [-0.1, -0.05) is 37.0 Å². The summed E-state index contributed by atoms with van der Waals surface area (Å²) in [7, 11) is 0. The monoisotopic (exact) mass is 421 g/mol. The second-order valence-corrected chi connectivity index (χ2v) is 9.56. The number of likely N-dealkylation sites (tertiary alicyclic amines) is 1. The zero-order valence-corrected chi connectivity index (χ0v) is 17.1. The number of hydroxylamine groups is 2. The van der Waals surface area contributed by atoms with Crippen LogP contribution < -0.4 is 5.32 Å². The van der Waals surface area contributed by atoms with Crippen LogP contribution in [0.3, 0.4) is 0 Å². The van der Waals surface area contributed by atoms with E-state index in [2.05, 4.69) is 15.5 Å². The van der Waals surface area contributed by atoms with Crippen molar-refractivity contribution in [2.45, 2.75) is 57.4 Å². The van der Waals surface area contributed by atoms with E-state index >= 15 is 0 Å². The van der Waals surface area contributed by atoms with Crippen molar-refractivity contribution in [2.24, 2.45) is 17.3 Å². The van der Waals surface area contributed by atoms with Crippen molar-refractivity contribution < 1.29 is 19.6 Å². The summed E-state index contributed by atoms with van der Waals surface area (Å²) < 4.78 is 0. The molecule has 0 bridgehead atoms. The lowest BCUT2D eigenvalue weighted by atomic mass is 9.91. The van der Waals surface area contributed by atoms with E-state index < -0.39 is 12.0 Å². The highest BCUT2D eigenvalue weighted by atomic mass is 32.1. The predicted molar refractivity (Wildman–Crippen MR) is 105 cm³/mol. The summed E-state index contributed by atoms with van der Waals surface area (Å²) in [6.07, 6.45) is 8.11. The molecule has 1 spiro atoms. The van der Waals surface area contributed by atoms with Crippen molar-refractivity contribution in [1.29, 1.82) is 0 Å². The van der Waals surface area contributed by atoms with Gasteiger partial charge >= 0.3 is 0 Å². The standard InChI is InChI=1S/C19H27N5O4S/c25-12-23(28)9-14(7-13-3-1-2-4-13)17(27)24-10-19(5-6-19)8-15(24)16(26)21-18-22-20-11-29-18/h11-15,28H,1-10H2,(H,21,22,26). The molecule has 4 rings (SSSR count). The first kappa shape index (κ1) is 20.2. The average Bonchev–Trinajstić information content (AvgIpc) is 3.13. The van der Waals surface area contributed by atoms with Gasteiger partial charge in [-0.2, -0.15) is 0 Å². The molecule has 2 heterocycles. The van der Waals surface area contributed by atoms with Crippen LogP contribution in [-0.2, 0) is 14.4 Å². The lowest BCUT2D eigenvalue weighted by Gasteiger charge is -2.30. The lowest BCUT2D eigenvalue weighted by Crippen LogP contribution is -2.48. The quantitative estimate of drug-likeness (QED) is 0.376. The fourth-order valence-electron chi connectivity index (χ4n) is 4.88. The molecule has 2 atom stereocenters. The van der Waals surface area contributed by atoms with Crippen LogP contribution >= 0.6 is 11.3 Å². The van der Waals surface area contributed by atoms with E-state index in [1.54, 1.807) is 10.4 Å². The van der Waals surface area contributed by atoms with Gasteiger partial charge in [-0.3, -0.25) is 24.9 Å². The maximum atomic E-state index is 13.5. The number of carbonyl (C=O) groups is 3. The summed E-state index contributed by atoms with van der Waals surface area (Å²) >= 11 is 1.24. The molecule has 10 heteroatoms. The molecule has 0 aromatic carbocycles. The minimum absolute atomic E-state index is 0.0347. The molecule has 0 radical (unpaired) electrons. The molecule has 1 aliphatic heterocycles. The molecule has 158 valence electrons. The number of rotatable bonds is 8. The maximum Gasteiger partial charge on any atom is 0.249 e. The smallest absolute Gasteiger partial charge is 0.249 e. The van der Waals surface area contributed by atoms with Gasteiger partial charge in [-0.25, -0.2) is 5.06 Å². The highest BCUT2D eigenvalue weighted by Gasteiger charge is 2.55. The van der Waals surface area contributed by atoms with Gasteiger partial charge in [-0.05, 0) is 37.0 Å². The van der Waals surface area contributed by atoms with Crippen LogP contribution in [0.25, 0.3) is 0 Å². The fraction of sp³-hybridized carbons (Fsp3) is 0.737. The van der Waals surface area contributed by atoms with E-state index in [4.69, 9.17) is 0 Å². The number of anilines is 1. The molecule has 2 N–H and O–H groups in total. The van der Waals surface area contributed by atoms with Crippen LogP contribution in [0.5, 0.6) is 0 Å². The Morgan fingerprint density at radius 1 is 1.41 bits per heavy atom. The van der Waals surface area contributed by atoms with Gasteiger partial charge in [0.05, 0.1) is 12.5 Å². The first-order chi connectivity index (χ1) is 14.0. The second-order valence-electron chi connectivity index (χ2n) is 8.73. The highest BCUT2D eigenvalue weighted by Crippen LogP contribution is 2.55. The van der Waals surface area contributed by atoms with Crippen LogP contribution in [0.4, 0.5) is 5.13 Å². The Balaban J connectivity index is 1.50. The Labute approximate surface area is 173 Å². The van der Waals surface area contributed by atoms with Gasteiger partial charge in [0, 0.05) is 6.54 Å². The first-order valence-corrected chi connectivity index (χ1v) is 11.2. The van der Waals surface area contributed by atoms with Crippen LogP contribution in [0.15, 0.2) is 5.51 Å². The Kier molecular flexibility index (Phi) is 5.82. The minimum atomic E-state index is -0.552. The lowest BCUT2D eigenvalue weighted by molar-refractivity contribution is -0.158. The van der Waals surface area contributed by atoms with Crippen molar-refractivity contribution in [2.75, 3.05) is 18.4 Å². The predicted octanol–water partition coefficient (Wildman–Crippen LogP) is 1.90. The Bertz CT molecular complexity index is 748. The largest absolute Gasteiger partial charge is 0.330 e. The molecular formula is C19H27N5O4S. The summed E-state index contributed by atoms with van der Waals surface area (Å²) in [5, 5.41) is 21.1. The Hall–Kier alpha value is -2.07. The highest BCUT2D eigenvalue weighted by molar-refractivity contribution is 7.13. The first-order valence-electron chi connectivity index (χ1n) is 10.3. The number of aromatic nitrogens is 2. The molecule has 9 nitrogen and oxygen atoms in total. The van der Waals surface area contributed by atoms with Crippen molar-refractivity contribution in [3.63, 3.8) is 0 Å². The maximum absolute atomic E-state index is 13.5. The fourth-order valence-corrected chi connectivity index (χ4v) is 5.33. The second kappa shape index (κ2) is 8.35. The third kappa shape index (κ3) is 4.58. The molecule has 1 saturated heterocycles. The van der Waals surface area contributed by atoms with Gasteiger partial charge in [0.15, 0.2) is 0 Å². The normalized spacial score (nSPS) is 23.9. The summed E-state index contributed by atoms with van der Waals surface area (Å²) in [5.41, 5.74) is 1.59. The van der Waals surface area contributed by atoms with E-state index in [0.717, 1.165) is 38.5 Å². The third-order valence-electron chi connectivity index (χ3n) is 6.61. The number of hydrogen-bond acceptors (Lipinski definition) is 7. The number of nitrogens with one attached hydrogen (secondary N) is 1. The summed E-state index contributed by atoms with van der Waals surface area (Å²) in [4.78, 5) is 39.0. The van der Waals surface area contributed by atoms with E-state index in [0.29, 0.717) is 41.9 Å². The summed E-state index contributed by atoms with van der Waals surface area (Å²) in [6.45, 7) is 0.529. The van der Waals surface area contributed by atoms with E-state index in [1.165, 1.54) is 11.3 Å². The van der Waals surface area contributed by atoms with Crippen molar-refractivity contribution in [1.82, 2.24) is 20.2 Å². The zero-order chi connectivity index (χ0) is 20.4. The summed E-state index contributed by atoms with van der Waals surface area (Å²) in [6, 6.07) is -0.552. The number of amides is 3. The Morgan fingerprint density at radius 2 is 2.17 bits per heavy atom. The minimum Gasteiger partial charge on any atom is -0.330 e. The summed E-state index contributed by atoms with van der Waals surface area (Å²) in [5.74, 6) is -0.456. The van der Waals surface area contributed by atoms with E-state index in [1.807, 2.05) is 0 Å². The number of hydrogen-bond donors (Lipinski definition) is 2. The van der Waals surface area contributed by atoms with Crippen LogP contribution in [0, 0.1) is 17.3 Å². The van der Waals surface area contributed by atoms with Crippen LogP contribution in [-0.4, -0.2) is 62.7 Å². The van der Waals surface area contributed by atoms with Gasteiger partial charge < -0.3 is 4.90 Å². The molecule has 3 amide bonds. The van der Waals surface area contributed by atoms with Crippen molar-refractivity contribution >= 4 is 34.7 Å². The number of carbonyl (C=O) groups excluding carboxylic acids is 3. The topological polar surface area (TPSA) is 116 Å². The average molecular weight is 422 g/mol. The molecule has 1 aromatic rings. The number of nitrogens with zero attached hydrogens (tertiary/aromatic N) is 4. The molecule has 1 aromatic heterocycles. The Morgan fingerprint density at radius 3 is 2.79 bits per heavy atom. The van der Waals surface area contributed by atoms with Crippen LogP contribution in [0.2, 0.25) is 0 Å². The molecule has 3 aliphatic rings. The van der Waals surface area contributed by atoms with Gasteiger partial charge in [-0.15, -0.1) is 10.2 Å². The van der Waals surface area contributed by atoms with E-state index in [-0.39, 0.29) is 23.8 Å². The van der Waals surface area contributed by atoms with Gasteiger partial charge in [0.25, 0.3) is 0 Å².